The van der Waals surface area contributed by atoms with Gasteiger partial charge >= 0.3 is 0 Å². The molecule has 33 heavy (non-hydrogen) atoms. The summed E-state index contributed by atoms with van der Waals surface area (Å²) >= 11 is 0. The molecule has 0 fully saturated rings. The van der Waals surface area contributed by atoms with E-state index in [0.29, 0.717) is 5.69 Å². The normalized spacial score (nSPS) is 23.4. The molecule has 2 aliphatic heterocycles. The zero-order valence-electron chi connectivity index (χ0n) is 20.1. The van der Waals surface area contributed by atoms with E-state index in [1.54, 1.807) is 12.1 Å². The third-order valence-corrected chi connectivity index (χ3v) is 10.4. The third kappa shape index (κ3) is 3.49. The van der Waals surface area contributed by atoms with Gasteiger partial charge < -0.3 is 4.90 Å². The summed E-state index contributed by atoms with van der Waals surface area (Å²) in [5.74, 6) is 0. The molecule has 0 amide bonds. The van der Waals surface area contributed by atoms with Crippen molar-refractivity contribution in [2.24, 2.45) is 9.85 Å². The molecule has 0 radical (unpaired) electrons. The average molecular weight is 467 g/mol. The largest absolute Gasteiger partial charge is 0.346 e. The van der Waals surface area contributed by atoms with E-state index in [2.05, 4.69) is 68.6 Å². The lowest BCUT2D eigenvalue weighted by molar-refractivity contribution is -0.384. The number of anilines is 1. The van der Waals surface area contributed by atoms with E-state index >= 15 is 0 Å². The van der Waals surface area contributed by atoms with E-state index in [1.165, 1.54) is 29.1 Å². The van der Waals surface area contributed by atoms with Gasteiger partial charge in [0.15, 0.2) is 7.36 Å². The van der Waals surface area contributed by atoms with Crippen molar-refractivity contribution in [3.8, 4) is 0 Å². The van der Waals surface area contributed by atoms with E-state index in [9.17, 15) is 10.1 Å². The first-order valence-electron chi connectivity index (χ1n) is 11.2. The molecule has 0 spiro atoms. The Morgan fingerprint density at radius 1 is 1.09 bits per heavy atom. The second-order valence-corrected chi connectivity index (χ2v) is 11.7. The average Bonchev–Trinajstić information content (AvgIpc) is 3.20. The molecule has 0 unspecified atom stereocenters. The predicted octanol–water partition coefficient (Wildman–Crippen LogP) is 6.17. The Hall–Kier alpha value is -2.96. The molecular formula is C24H31N6O2P. The summed E-state index contributed by atoms with van der Waals surface area (Å²) in [5, 5.41) is 17.0. The lowest BCUT2D eigenvalue weighted by Gasteiger charge is -2.39. The number of hydrogen-bond donors (Lipinski definition) is 0. The van der Waals surface area contributed by atoms with Crippen molar-refractivity contribution in [1.29, 1.82) is 0 Å². The molecule has 2 aromatic rings. The molecule has 2 aliphatic rings. The molecule has 8 nitrogen and oxygen atoms in total. The van der Waals surface area contributed by atoms with Gasteiger partial charge in [-0.1, -0.05) is 45.9 Å². The van der Waals surface area contributed by atoms with Crippen LogP contribution in [-0.4, -0.2) is 47.8 Å². The highest BCUT2D eigenvalue weighted by Crippen LogP contribution is 2.69. The summed E-state index contributed by atoms with van der Waals surface area (Å²) < 4.78 is 9.73. The number of nitro groups is 1. The summed E-state index contributed by atoms with van der Waals surface area (Å²) in [6.07, 6.45) is 1.97. The number of benzene rings is 2. The van der Waals surface area contributed by atoms with Crippen LogP contribution in [0.15, 0.2) is 69.4 Å². The minimum atomic E-state index is -2.48. The molecule has 2 aromatic carbocycles. The second kappa shape index (κ2) is 8.43. The van der Waals surface area contributed by atoms with Crippen LogP contribution in [0.5, 0.6) is 0 Å². The van der Waals surface area contributed by atoms with Gasteiger partial charge in [0, 0.05) is 56.1 Å². The Bertz CT molecular complexity index is 1200. The fourth-order valence-electron chi connectivity index (χ4n) is 5.04. The van der Waals surface area contributed by atoms with Crippen molar-refractivity contribution in [3.63, 3.8) is 0 Å². The fourth-order valence-corrected chi connectivity index (χ4v) is 8.74. The zero-order valence-corrected chi connectivity index (χ0v) is 21.0. The first-order chi connectivity index (χ1) is 15.7. The van der Waals surface area contributed by atoms with Crippen LogP contribution in [0.1, 0.15) is 33.3 Å². The van der Waals surface area contributed by atoms with Crippen molar-refractivity contribution in [2.75, 3.05) is 32.1 Å². The Morgan fingerprint density at radius 3 is 2.30 bits per heavy atom. The molecule has 0 bridgehead atoms. The number of hydrogen-bond acceptors (Lipinski definition) is 5. The van der Waals surface area contributed by atoms with Gasteiger partial charge in [-0.3, -0.25) is 10.1 Å². The minimum Gasteiger partial charge on any atom is -0.346 e. The van der Waals surface area contributed by atoms with E-state index in [1.807, 2.05) is 18.0 Å². The van der Waals surface area contributed by atoms with Crippen LogP contribution in [0, 0.1) is 10.1 Å². The predicted molar refractivity (Wildman–Crippen MR) is 136 cm³/mol. The highest BCUT2D eigenvalue weighted by Gasteiger charge is 2.47. The Balaban J connectivity index is 2.02. The van der Waals surface area contributed by atoms with E-state index in [4.69, 9.17) is 9.85 Å². The first kappa shape index (κ1) is 23.2. The van der Waals surface area contributed by atoms with E-state index < -0.39 is 7.36 Å². The molecule has 0 saturated carbocycles. The second-order valence-electron chi connectivity index (χ2n) is 8.75. The van der Waals surface area contributed by atoms with E-state index in [-0.39, 0.29) is 16.0 Å². The number of rotatable bonds is 5. The standard InChI is InChI=1S/C24H31N6O2P/c1-7-29(8-2)33(26-18-13-15-19(16-14-18)30(31)32)22(17-25-28(33)6)23-24(3,4)20-11-9-10-12-21(20)27(23)5/h9-17H,7-8H2,1-6H3/b23-22+/t33-/m1/s1. The number of likely N-dealkylation sites (N-methyl/N-ethyl adjacent to an activating group) is 1. The summed E-state index contributed by atoms with van der Waals surface area (Å²) in [6.45, 7) is 10.4. The van der Waals surface area contributed by atoms with Crippen molar-refractivity contribution in [2.45, 2.75) is 33.1 Å². The molecule has 0 aromatic heterocycles. The van der Waals surface area contributed by atoms with Gasteiger partial charge in [-0.2, -0.15) is 5.10 Å². The third-order valence-electron chi connectivity index (χ3n) is 6.62. The van der Waals surface area contributed by atoms with Crippen LogP contribution in [0.25, 0.3) is 0 Å². The molecule has 0 saturated heterocycles. The van der Waals surface area contributed by atoms with Crippen LogP contribution in [-0.2, 0) is 5.41 Å². The van der Waals surface area contributed by atoms with Crippen LogP contribution in [0.2, 0.25) is 0 Å². The number of hydrazone groups is 1. The number of para-hydroxylation sites is 1. The topological polar surface area (TPSA) is 77.6 Å². The van der Waals surface area contributed by atoms with Crippen molar-refractivity contribution >= 4 is 30.6 Å². The minimum absolute atomic E-state index is 0.0610. The summed E-state index contributed by atoms with van der Waals surface area (Å²) in [7, 11) is 1.63. The quantitative estimate of drug-likeness (QED) is 0.299. The summed E-state index contributed by atoms with van der Waals surface area (Å²) in [4.78, 5) is 13.0. The van der Waals surface area contributed by atoms with Gasteiger partial charge in [0.1, 0.15) is 0 Å². The zero-order chi connectivity index (χ0) is 24.0. The number of nitro benzene ring substituents is 1. The lowest BCUT2D eigenvalue weighted by atomic mass is 9.84. The highest BCUT2D eigenvalue weighted by molar-refractivity contribution is 7.67. The smallest absolute Gasteiger partial charge is 0.269 e. The molecule has 0 aliphatic carbocycles. The van der Waals surface area contributed by atoms with Crippen molar-refractivity contribution < 1.29 is 4.92 Å². The number of allylic oxidation sites excluding steroid dienone is 2. The molecular weight excluding hydrogens is 435 g/mol. The van der Waals surface area contributed by atoms with Gasteiger partial charge in [0.2, 0.25) is 0 Å². The van der Waals surface area contributed by atoms with Gasteiger partial charge in [-0.25, -0.2) is 14.2 Å². The maximum atomic E-state index is 11.1. The SMILES string of the molecule is CCN(CC)[P@@]1(=Nc2ccc([N+](=O)[O-])cc2)/C(=C2/N(C)c3ccccc3C2(C)C)C=NN1C. The number of fused-ring (bicyclic) bond motifs is 1. The van der Waals surface area contributed by atoms with E-state index in [0.717, 1.165) is 18.4 Å². The molecule has 9 heteroatoms. The van der Waals surface area contributed by atoms with Crippen LogP contribution in [0.4, 0.5) is 17.1 Å². The van der Waals surface area contributed by atoms with Crippen molar-refractivity contribution in [1.82, 2.24) is 9.45 Å². The molecule has 0 N–H and O–H groups in total. The Labute approximate surface area is 195 Å². The van der Waals surface area contributed by atoms with Crippen LogP contribution < -0.4 is 4.90 Å². The van der Waals surface area contributed by atoms with Gasteiger partial charge in [-0.05, 0) is 23.8 Å². The lowest BCUT2D eigenvalue weighted by Crippen LogP contribution is -2.30. The van der Waals surface area contributed by atoms with Crippen molar-refractivity contribution in [3.05, 3.63) is 75.2 Å². The molecule has 2 heterocycles. The van der Waals surface area contributed by atoms with Crippen LogP contribution in [0.3, 0.4) is 0 Å². The molecule has 1 atom stereocenters. The number of nitrogens with zero attached hydrogens (tertiary/aromatic N) is 6. The monoisotopic (exact) mass is 466 g/mol. The van der Waals surface area contributed by atoms with Gasteiger partial charge in [0.25, 0.3) is 5.69 Å². The fraction of sp³-hybridized carbons (Fsp3) is 0.375. The first-order valence-corrected chi connectivity index (χ1v) is 12.8. The Kier molecular flexibility index (Phi) is 5.93. The molecule has 174 valence electrons. The van der Waals surface area contributed by atoms with Crippen LogP contribution >= 0.6 is 7.36 Å². The van der Waals surface area contributed by atoms with Gasteiger partial charge in [-0.15, -0.1) is 0 Å². The summed E-state index contributed by atoms with van der Waals surface area (Å²) in [5.41, 5.74) is 4.23. The summed E-state index contributed by atoms with van der Waals surface area (Å²) in [6, 6.07) is 15.0. The maximum Gasteiger partial charge on any atom is 0.269 e. The Morgan fingerprint density at radius 2 is 1.73 bits per heavy atom. The maximum absolute atomic E-state index is 11.1. The number of non-ortho nitro benzene ring substituents is 1. The highest BCUT2D eigenvalue weighted by atomic mass is 31.2. The molecule has 4 rings (SSSR count). The van der Waals surface area contributed by atoms with Gasteiger partial charge in [0.05, 0.1) is 22.1 Å².